The van der Waals surface area contributed by atoms with Gasteiger partial charge in [0.05, 0.1) is 17.6 Å². The molecule has 2 N–H and O–H groups in total. The van der Waals surface area contributed by atoms with Crippen LogP contribution in [0.15, 0.2) is 42.7 Å². The van der Waals surface area contributed by atoms with Crippen LogP contribution in [0.2, 0.25) is 0 Å². The van der Waals surface area contributed by atoms with Crippen LogP contribution < -0.4 is 5.32 Å². The lowest BCUT2D eigenvalue weighted by Crippen LogP contribution is -2.32. The van der Waals surface area contributed by atoms with Gasteiger partial charge >= 0.3 is 5.69 Å². The molecular formula is C14H18N4O3. The zero-order valence-corrected chi connectivity index (χ0v) is 11.7. The van der Waals surface area contributed by atoms with Crippen LogP contribution in [0, 0.1) is 10.1 Å². The van der Waals surface area contributed by atoms with Crippen LogP contribution in [0.1, 0.15) is 18.5 Å². The molecule has 2 aromatic rings. The second kappa shape index (κ2) is 6.96. The van der Waals surface area contributed by atoms with E-state index < -0.39 is 11.0 Å². The first-order valence-electron chi connectivity index (χ1n) is 6.69. The quantitative estimate of drug-likeness (QED) is 0.595. The van der Waals surface area contributed by atoms with Crippen molar-refractivity contribution in [2.24, 2.45) is 0 Å². The van der Waals surface area contributed by atoms with Crippen LogP contribution in [-0.2, 0) is 6.54 Å². The van der Waals surface area contributed by atoms with Crippen molar-refractivity contribution in [2.75, 3.05) is 6.54 Å². The number of aliphatic hydroxyl groups excluding tert-OH is 1. The fourth-order valence-corrected chi connectivity index (χ4v) is 2.00. The largest absolute Gasteiger partial charge is 0.390 e. The summed E-state index contributed by atoms with van der Waals surface area (Å²) in [5.41, 5.74) is 1.06. The molecule has 0 saturated carbocycles. The third kappa shape index (κ3) is 4.37. The van der Waals surface area contributed by atoms with Gasteiger partial charge in [0.15, 0.2) is 0 Å². The van der Waals surface area contributed by atoms with Crippen molar-refractivity contribution in [3.63, 3.8) is 0 Å². The van der Waals surface area contributed by atoms with Gasteiger partial charge in [-0.1, -0.05) is 30.3 Å². The molecule has 21 heavy (non-hydrogen) atoms. The predicted octanol–water partition coefficient (Wildman–Crippen LogP) is 1.50. The molecule has 112 valence electrons. The average Bonchev–Trinajstić information content (AvgIpc) is 2.94. The minimum absolute atomic E-state index is 0.0761. The van der Waals surface area contributed by atoms with E-state index in [9.17, 15) is 15.2 Å². The van der Waals surface area contributed by atoms with E-state index in [-0.39, 0.29) is 18.3 Å². The van der Waals surface area contributed by atoms with Gasteiger partial charge < -0.3 is 10.4 Å². The van der Waals surface area contributed by atoms with Gasteiger partial charge in [-0.2, -0.15) is 5.10 Å². The van der Waals surface area contributed by atoms with E-state index in [0.29, 0.717) is 6.54 Å². The molecule has 0 amide bonds. The Morgan fingerprint density at radius 1 is 1.43 bits per heavy atom. The van der Waals surface area contributed by atoms with E-state index >= 15 is 0 Å². The van der Waals surface area contributed by atoms with Gasteiger partial charge in [0.1, 0.15) is 12.4 Å². The second-order valence-corrected chi connectivity index (χ2v) is 4.87. The average molecular weight is 290 g/mol. The molecule has 2 atom stereocenters. The molecule has 0 saturated heterocycles. The Hall–Kier alpha value is -2.25. The molecule has 0 radical (unpaired) electrons. The third-order valence-electron chi connectivity index (χ3n) is 3.19. The highest BCUT2D eigenvalue weighted by molar-refractivity contribution is 5.20. The number of aromatic nitrogens is 2. The normalized spacial score (nSPS) is 13.8. The summed E-state index contributed by atoms with van der Waals surface area (Å²) in [5.74, 6) is 0. The number of aliphatic hydroxyl groups is 1. The SMILES string of the molecule is CC(NCC(O)Cn1cc([N+](=O)[O-])cn1)c1ccccc1. The van der Waals surface area contributed by atoms with Crippen LogP contribution in [0.3, 0.4) is 0 Å². The molecule has 0 fully saturated rings. The van der Waals surface area contributed by atoms with Gasteiger partial charge in [0.25, 0.3) is 0 Å². The molecule has 2 unspecified atom stereocenters. The number of nitrogens with one attached hydrogen (secondary N) is 1. The topological polar surface area (TPSA) is 93.2 Å². The summed E-state index contributed by atoms with van der Waals surface area (Å²) < 4.78 is 1.37. The summed E-state index contributed by atoms with van der Waals surface area (Å²) in [4.78, 5) is 10.0. The summed E-state index contributed by atoms with van der Waals surface area (Å²) in [5, 5.41) is 27.6. The van der Waals surface area contributed by atoms with Gasteiger partial charge in [-0.15, -0.1) is 0 Å². The third-order valence-corrected chi connectivity index (χ3v) is 3.19. The fourth-order valence-electron chi connectivity index (χ4n) is 2.00. The smallest absolute Gasteiger partial charge is 0.306 e. The minimum Gasteiger partial charge on any atom is -0.390 e. The highest BCUT2D eigenvalue weighted by Crippen LogP contribution is 2.11. The Bertz CT molecular complexity index is 585. The summed E-state index contributed by atoms with van der Waals surface area (Å²) in [6.07, 6.45) is 1.81. The first kappa shape index (κ1) is 15.1. The molecule has 0 aliphatic rings. The Labute approximate surface area is 122 Å². The van der Waals surface area contributed by atoms with Crippen molar-refractivity contribution in [3.05, 3.63) is 58.4 Å². The summed E-state index contributed by atoms with van der Waals surface area (Å²) in [6.45, 7) is 2.60. The van der Waals surface area contributed by atoms with Crippen molar-refractivity contribution < 1.29 is 10.0 Å². The molecule has 0 aliphatic carbocycles. The van der Waals surface area contributed by atoms with Crippen molar-refractivity contribution in [3.8, 4) is 0 Å². The van der Waals surface area contributed by atoms with Crippen LogP contribution in [0.5, 0.6) is 0 Å². The molecule has 0 spiro atoms. The zero-order valence-electron chi connectivity index (χ0n) is 11.7. The van der Waals surface area contributed by atoms with Crippen LogP contribution in [0.4, 0.5) is 5.69 Å². The number of benzene rings is 1. The maximum Gasteiger partial charge on any atom is 0.306 e. The molecule has 1 aromatic heterocycles. The van der Waals surface area contributed by atoms with Crippen LogP contribution >= 0.6 is 0 Å². The number of hydrogen-bond donors (Lipinski definition) is 2. The number of nitrogens with zero attached hydrogens (tertiary/aromatic N) is 3. The van der Waals surface area contributed by atoms with E-state index in [1.807, 2.05) is 37.3 Å². The Morgan fingerprint density at radius 3 is 2.76 bits per heavy atom. The van der Waals surface area contributed by atoms with Crippen molar-refractivity contribution in [2.45, 2.75) is 25.6 Å². The fraction of sp³-hybridized carbons (Fsp3) is 0.357. The molecule has 7 heteroatoms. The molecule has 1 heterocycles. The van der Waals surface area contributed by atoms with E-state index in [0.717, 1.165) is 5.56 Å². The molecule has 7 nitrogen and oxygen atoms in total. The Balaban J connectivity index is 1.81. The number of rotatable bonds is 7. The Morgan fingerprint density at radius 2 is 2.14 bits per heavy atom. The lowest BCUT2D eigenvalue weighted by molar-refractivity contribution is -0.385. The van der Waals surface area contributed by atoms with Gasteiger partial charge in [-0.3, -0.25) is 14.8 Å². The predicted molar refractivity (Wildman–Crippen MR) is 77.7 cm³/mol. The first-order chi connectivity index (χ1) is 10.1. The monoisotopic (exact) mass is 290 g/mol. The molecule has 2 rings (SSSR count). The Kier molecular flexibility index (Phi) is 5.02. The van der Waals surface area contributed by atoms with Gasteiger partial charge in [-0.05, 0) is 12.5 Å². The van der Waals surface area contributed by atoms with E-state index in [1.54, 1.807) is 0 Å². The van der Waals surface area contributed by atoms with Gasteiger partial charge in [0.2, 0.25) is 0 Å². The highest BCUT2D eigenvalue weighted by Gasteiger charge is 2.13. The lowest BCUT2D eigenvalue weighted by atomic mass is 10.1. The lowest BCUT2D eigenvalue weighted by Gasteiger charge is -2.17. The van der Waals surface area contributed by atoms with E-state index in [4.69, 9.17) is 0 Å². The van der Waals surface area contributed by atoms with Gasteiger partial charge in [-0.25, -0.2) is 0 Å². The van der Waals surface area contributed by atoms with Gasteiger partial charge in [0, 0.05) is 12.6 Å². The summed E-state index contributed by atoms with van der Waals surface area (Å²) in [6, 6.07) is 10.0. The van der Waals surface area contributed by atoms with E-state index in [2.05, 4.69) is 10.4 Å². The maximum absolute atomic E-state index is 10.5. The molecule has 1 aromatic carbocycles. The number of hydrogen-bond acceptors (Lipinski definition) is 5. The standard InChI is InChI=1S/C14H18N4O3/c1-11(12-5-3-2-4-6-12)15-8-14(19)10-17-9-13(7-16-17)18(20)21/h2-7,9,11,14-15,19H,8,10H2,1H3. The minimum atomic E-state index is -0.671. The van der Waals surface area contributed by atoms with Crippen molar-refractivity contribution in [1.82, 2.24) is 15.1 Å². The first-order valence-corrected chi connectivity index (χ1v) is 6.69. The molecule has 0 aliphatic heterocycles. The van der Waals surface area contributed by atoms with Crippen molar-refractivity contribution in [1.29, 1.82) is 0 Å². The van der Waals surface area contributed by atoms with Crippen LogP contribution in [-0.4, -0.2) is 32.5 Å². The highest BCUT2D eigenvalue weighted by atomic mass is 16.6. The van der Waals surface area contributed by atoms with E-state index in [1.165, 1.54) is 17.1 Å². The van der Waals surface area contributed by atoms with Crippen molar-refractivity contribution >= 4 is 5.69 Å². The zero-order chi connectivity index (χ0) is 15.2. The van der Waals surface area contributed by atoms with Crippen LogP contribution in [0.25, 0.3) is 0 Å². The second-order valence-electron chi connectivity index (χ2n) is 4.87. The number of nitro groups is 1. The molecule has 0 bridgehead atoms. The molecular weight excluding hydrogens is 272 g/mol. The summed E-state index contributed by atoms with van der Waals surface area (Å²) in [7, 11) is 0. The summed E-state index contributed by atoms with van der Waals surface area (Å²) >= 11 is 0. The maximum atomic E-state index is 10.5.